The lowest BCUT2D eigenvalue weighted by atomic mass is 10.1. The molecule has 0 spiro atoms. The van der Waals surface area contributed by atoms with Crippen LogP contribution in [0.25, 0.3) is 0 Å². The van der Waals surface area contributed by atoms with Gasteiger partial charge in [0.25, 0.3) is 5.91 Å². The van der Waals surface area contributed by atoms with Gasteiger partial charge < -0.3 is 10.2 Å². The molecule has 0 saturated carbocycles. The Bertz CT molecular complexity index is 819. The van der Waals surface area contributed by atoms with Crippen molar-refractivity contribution in [2.45, 2.75) is 33.6 Å². The van der Waals surface area contributed by atoms with E-state index in [2.05, 4.69) is 5.32 Å². The van der Waals surface area contributed by atoms with Gasteiger partial charge in [0.2, 0.25) is 5.91 Å². The van der Waals surface area contributed by atoms with Crippen LogP contribution in [0.3, 0.4) is 0 Å². The Morgan fingerprint density at radius 1 is 1.00 bits per heavy atom. The van der Waals surface area contributed by atoms with E-state index in [1.54, 1.807) is 23.1 Å². The Labute approximate surface area is 169 Å². The highest BCUT2D eigenvalue weighted by molar-refractivity contribution is 6.45. The lowest BCUT2D eigenvalue weighted by Crippen LogP contribution is -2.39. The summed E-state index contributed by atoms with van der Waals surface area (Å²) < 4.78 is 0. The summed E-state index contributed by atoms with van der Waals surface area (Å²) in [6.45, 7) is 6.36. The third-order valence-electron chi connectivity index (χ3n) is 4.62. The molecule has 1 aromatic rings. The quantitative estimate of drug-likeness (QED) is 0.500. The maximum Gasteiger partial charge on any atom is 0.334 e. The van der Waals surface area contributed by atoms with Crippen molar-refractivity contribution in [3.8, 4) is 0 Å². The molecule has 0 aromatic heterocycles. The number of nitrogens with one attached hydrogen (secondary N) is 1. The number of unbranched alkanes of at least 4 members (excludes halogenated alkanes) is 1. The zero-order valence-electron chi connectivity index (χ0n) is 16.9. The smallest absolute Gasteiger partial charge is 0.334 e. The predicted octanol–water partition coefficient (Wildman–Crippen LogP) is 1.70. The third kappa shape index (κ3) is 4.98. The fourth-order valence-corrected chi connectivity index (χ4v) is 2.97. The predicted molar refractivity (Wildman–Crippen MR) is 106 cm³/mol. The van der Waals surface area contributed by atoms with Crippen LogP contribution < -0.4 is 5.32 Å². The zero-order chi connectivity index (χ0) is 21.6. The monoisotopic (exact) mass is 402 g/mol. The van der Waals surface area contributed by atoms with Crippen LogP contribution >= 0.6 is 0 Å². The standard InChI is InChI=1S/C20H26N4O5/c1-4-7-11-23-18(27)19(28)24(20(23)29)13-16(25)21-15-10-8-9-14(12-15)17(26)22(5-2)6-3/h8-10,12H,4-7,11,13H2,1-3H3,(H,21,25). The molecule has 9 nitrogen and oxygen atoms in total. The zero-order valence-corrected chi connectivity index (χ0v) is 16.9. The van der Waals surface area contributed by atoms with Gasteiger partial charge in [-0.15, -0.1) is 0 Å². The van der Waals surface area contributed by atoms with Gasteiger partial charge in [-0.1, -0.05) is 19.4 Å². The first-order valence-corrected chi connectivity index (χ1v) is 9.70. The van der Waals surface area contributed by atoms with Gasteiger partial charge in [0, 0.05) is 30.9 Å². The number of imide groups is 2. The third-order valence-corrected chi connectivity index (χ3v) is 4.62. The summed E-state index contributed by atoms with van der Waals surface area (Å²) in [7, 11) is 0. The van der Waals surface area contributed by atoms with Crippen LogP contribution in [0, 0.1) is 0 Å². The molecule has 0 bridgehead atoms. The van der Waals surface area contributed by atoms with Crippen molar-refractivity contribution in [1.82, 2.24) is 14.7 Å². The molecule has 2 rings (SSSR count). The minimum Gasteiger partial charge on any atom is -0.339 e. The normalized spacial score (nSPS) is 13.8. The fraction of sp³-hybridized carbons (Fsp3) is 0.450. The van der Waals surface area contributed by atoms with Crippen LogP contribution in [0.4, 0.5) is 10.5 Å². The van der Waals surface area contributed by atoms with Gasteiger partial charge in [-0.3, -0.25) is 24.1 Å². The van der Waals surface area contributed by atoms with Gasteiger partial charge in [0.15, 0.2) is 0 Å². The van der Waals surface area contributed by atoms with Gasteiger partial charge >= 0.3 is 17.8 Å². The van der Waals surface area contributed by atoms with E-state index in [0.717, 1.165) is 11.3 Å². The van der Waals surface area contributed by atoms with E-state index < -0.39 is 30.3 Å². The maximum absolute atomic E-state index is 12.4. The minimum absolute atomic E-state index is 0.146. The lowest BCUT2D eigenvalue weighted by molar-refractivity contribution is -0.143. The number of rotatable bonds is 9. The Hall–Kier alpha value is -3.23. The molecule has 1 saturated heterocycles. The van der Waals surface area contributed by atoms with Crippen molar-refractivity contribution in [1.29, 1.82) is 0 Å². The van der Waals surface area contributed by atoms with Gasteiger partial charge in [0.05, 0.1) is 0 Å². The molecule has 0 radical (unpaired) electrons. The van der Waals surface area contributed by atoms with Gasteiger partial charge in [-0.05, 0) is 38.5 Å². The van der Waals surface area contributed by atoms with Crippen LogP contribution in [0.5, 0.6) is 0 Å². The second-order valence-corrected chi connectivity index (χ2v) is 6.59. The molecule has 9 heteroatoms. The van der Waals surface area contributed by atoms with Gasteiger partial charge in [-0.2, -0.15) is 0 Å². The Morgan fingerprint density at radius 3 is 2.28 bits per heavy atom. The van der Waals surface area contributed by atoms with Crippen LogP contribution in [-0.2, 0) is 14.4 Å². The first-order valence-electron chi connectivity index (χ1n) is 9.70. The lowest BCUT2D eigenvalue weighted by Gasteiger charge is -2.19. The Balaban J connectivity index is 2.05. The summed E-state index contributed by atoms with van der Waals surface area (Å²) in [6, 6.07) is 5.63. The van der Waals surface area contributed by atoms with E-state index in [1.165, 1.54) is 6.07 Å². The van der Waals surface area contributed by atoms with Crippen LogP contribution in [0.15, 0.2) is 24.3 Å². The molecule has 0 atom stereocenters. The van der Waals surface area contributed by atoms with E-state index in [0.29, 0.717) is 35.7 Å². The second kappa shape index (κ2) is 9.81. The number of benzene rings is 1. The summed E-state index contributed by atoms with van der Waals surface area (Å²) >= 11 is 0. The van der Waals surface area contributed by atoms with Crippen LogP contribution in [-0.4, -0.2) is 70.5 Å². The largest absolute Gasteiger partial charge is 0.339 e. The average Bonchev–Trinajstić information content (AvgIpc) is 2.90. The number of hydrogen-bond acceptors (Lipinski definition) is 5. The molecule has 0 unspecified atom stereocenters. The molecule has 156 valence electrons. The maximum atomic E-state index is 12.4. The average molecular weight is 402 g/mol. The molecule has 1 aliphatic heterocycles. The molecule has 1 heterocycles. The molecule has 1 aromatic carbocycles. The van der Waals surface area contributed by atoms with Crippen LogP contribution in [0.1, 0.15) is 44.0 Å². The number of anilines is 1. The number of nitrogens with zero attached hydrogens (tertiary/aromatic N) is 3. The van der Waals surface area contributed by atoms with Gasteiger partial charge in [0.1, 0.15) is 6.54 Å². The number of amides is 6. The van der Waals surface area contributed by atoms with Crippen molar-refractivity contribution in [3.05, 3.63) is 29.8 Å². The number of urea groups is 1. The first-order chi connectivity index (χ1) is 13.8. The molecule has 1 aliphatic rings. The Kier molecular flexibility index (Phi) is 7.46. The molecule has 29 heavy (non-hydrogen) atoms. The van der Waals surface area contributed by atoms with E-state index in [1.807, 2.05) is 20.8 Å². The van der Waals surface area contributed by atoms with E-state index >= 15 is 0 Å². The van der Waals surface area contributed by atoms with Crippen molar-refractivity contribution in [2.75, 3.05) is 31.5 Å². The molecular weight excluding hydrogens is 376 g/mol. The van der Waals surface area contributed by atoms with Crippen molar-refractivity contribution < 1.29 is 24.0 Å². The highest BCUT2D eigenvalue weighted by atomic mass is 16.2. The number of carbonyl (C=O) groups is 5. The van der Waals surface area contributed by atoms with Crippen LogP contribution in [0.2, 0.25) is 0 Å². The minimum atomic E-state index is -1.01. The molecule has 6 amide bonds. The Morgan fingerprint density at radius 2 is 1.66 bits per heavy atom. The highest BCUT2D eigenvalue weighted by Gasteiger charge is 2.44. The molecular formula is C20H26N4O5. The molecule has 1 fully saturated rings. The summed E-state index contributed by atoms with van der Waals surface area (Å²) in [5.41, 5.74) is 0.780. The van der Waals surface area contributed by atoms with E-state index in [-0.39, 0.29) is 12.5 Å². The SMILES string of the molecule is CCCCN1C(=O)C(=O)N(CC(=O)Nc2cccc(C(=O)N(CC)CC)c2)C1=O. The summed E-state index contributed by atoms with van der Waals surface area (Å²) in [4.78, 5) is 64.2. The fourth-order valence-electron chi connectivity index (χ4n) is 2.97. The first kappa shape index (κ1) is 22.1. The topological polar surface area (TPSA) is 107 Å². The van der Waals surface area contributed by atoms with Gasteiger partial charge in [-0.25, -0.2) is 9.69 Å². The summed E-state index contributed by atoms with van der Waals surface area (Å²) in [5, 5.41) is 2.57. The van der Waals surface area contributed by atoms with Crippen molar-refractivity contribution >= 4 is 35.3 Å². The molecule has 1 N–H and O–H groups in total. The van der Waals surface area contributed by atoms with E-state index in [4.69, 9.17) is 0 Å². The molecule has 0 aliphatic carbocycles. The highest BCUT2D eigenvalue weighted by Crippen LogP contribution is 2.15. The summed E-state index contributed by atoms with van der Waals surface area (Å²) in [6.07, 6.45) is 1.34. The number of carbonyl (C=O) groups excluding carboxylic acids is 5. The van der Waals surface area contributed by atoms with Crippen molar-refractivity contribution in [2.24, 2.45) is 0 Å². The van der Waals surface area contributed by atoms with Crippen molar-refractivity contribution in [3.63, 3.8) is 0 Å². The summed E-state index contributed by atoms with van der Waals surface area (Å²) in [5.74, 6) is -2.72. The van der Waals surface area contributed by atoms with E-state index in [9.17, 15) is 24.0 Å². The number of hydrogen-bond donors (Lipinski definition) is 1. The second-order valence-electron chi connectivity index (χ2n) is 6.59.